The molecule has 184 valence electrons. The van der Waals surface area contributed by atoms with Gasteiger partial charge >= 0.3 is 12.4 Å². The number of hydrogen-bond donors (Lipinski definition) is 1. The number of carbonyl (C=O) groups is 1. The molecule has 3 aromatic rings. The Balaban J connectivity index is 1.94. The molecule has 0 radical (unpaired) electrons. The molecule has 0 saturated carbocycles. The van der Waals surface area contributed by atoms with Crippen LogP contribution in [0.2, 0.25) is 0 Å². The molecule has 2 atom stereocenters. The quantitative estimate of drug-likeness (QED) is 0.449. The number of amides is 2. The van der Waals surface area contributed by atoms with E-state index in [1.807, 2.05) is 52.0 Å². The highest BCUT2D eigenvalue weighted by molar-refractivity contribution is 6.08. The topological polar surface area (TPSA) is 53.0 Å². The van der Waals surface area contributed by atoms with E-state index < -0.39 is 29.9 Å². The number of aliphatic hydroxyl groups is 1. The highest BCUT2D eigenvalue weighted by Crippen LogP contribution is 2.47. The van der Waals surface area contributed by atoms with Crippen LogP contribution >= 0.6 is 0 Å². The molecule has 1 N–H and O–H groups in total. The molecule has 0 spiro atoms. The van der Waals surface area contributed by atoms with Crippen molar-refractivity contribution in [3.05, 3.63) is 89.5 Å². The number of halogens is 3. The highest BCUT2D eigenvalue weighted by atomic mass is 19.4. The van der Waals surface area contributed by atoms with Gasteiger partial charge in [0, 0.05) is 16.9 Å². The summed E-state index contributed by atoms with van der Waals surface area (Å²) in [5, 5.41) is 12.4. The van der Waals surface area contributed by atoms with Gasteiger partial charge in [-0.05, 0) is 56.2 Å². The van der Waals surface area contributed by atoms with Crippen LogP contribution in [0.1, 0.15) is 30.5 Å². The Morgan fingerprint density at radius 1 is 0.914 bits per heavy atom. The van der Waals surface area contributed by atoms with Gasteiger partial charge in [0.05, 0.1) is 6.04 Å². The van der Waals surface area contributed by atoms with E-state index in [1.54, 1.807) is 24.3 Å². The molecular formula is C27H27F3N2O3. The van der Waals surface area contributed by atoms with Gasteiger partial charge in [0.2, 0.25) is 0 Å². The van der Waals surface area contributed by atoms with Crippen LogP contribution in [0.4, 0.5) is 29.3 Å². The second-order valence-corrected chi connectivity index (χ2v) is 9.15. The lowest BCUT2D eigenvalue weighted by atomic mass is 9.86. The molecule has 3 aromatic carbocycles. The van der Waals surface area contributed by atoms with Crippen LogP contribution in [0.15, 0.2) is 72.8 Å². The highest BCUT2D eigenvalue weighted by Gasteiger charge is 2.59. The third-order valence-corrected chi connectivity index (χ3v) is 6.16. The van der Waals surface area contributed by atoms with Gasteiger partial charge in [-0.1, -0.05) is 61.4 Å². The predicted octanol–water partition coefficient (Wildman–Crippen LogP) is 6.52. The van der Waals surface area contributed by atoms with Crippen molar-refractivity contribution < 1.29 is 27.8 Å². The van der Waals surface area contributed by atoms with Crippen molar-refractivity contribution >= 4 is 17.4 Å². The summed E-state index contributed by atoms with van der Waals surface area (Å²) in [7, 11) is 0. The molecule has 0 aromatic heterocycles. The van der Waals surface area contributed by atoms with Gasteiger partial charge in [-0.3, -0.25) is 9.80 Å². The normalized spacial score (nSPS) is 20.6. The van der Waals surface area contributed by atoms with Gasteiger partial charge in [0.25, 0.3) is 0 Å². The zero-order chi connectivity index (χ0) is 25.5. The molecule has 0 aliphatic carbocycles. The number of carbonyl (C=O) groups excluding carboxylic acids is 1. The fourth-order valence-electron chi connectivity index (χ4n) is 4.65. The number of anilines is 2. The molecule has 4 rings (SSSR count). The second-order valence-electron chi connectivity index (χ2n) is 9.15. The van der Waals surface area contributed by atoms with Crippen molar-refractivity contribution in [3.63, 3.8) is 0 Å². The Kier molecular flexibility index (Phi) is 6.27. The van der Waals surface area contributed by atoms with Crippen LogP contribution in [0.3, 0.4) is 0 Å². The average Bonchev–Trinajstić information content (AvgIpc) is 3.02. The van der Waals surface area contributed by atoms with Gasteiger partial charge in [0.1, 0.15) is 5.75 Å². The second kappa shape index (κ2) is 8.92. The van der Waals surface area contributed by atoms with Gasteiger partial charge < -0.3 is 9.84 Å². The van der Waals surface area contributed by atoms with Crippen molar-refractivity contribution in [3.8, 4) is 5.75 Å². The fraction of sp³-hybridized carbons (Fsp3) is 0.296. The summed E-state index contributed by atoms with van der Waals surface area (Å²) in [4.78, 5) is 16.7. The largest absolute Gasteiger partial charge is 0.573 e. The SMILES string of the molecule is Cc1ccc(N2C(=O)N(c3ccc(C)cc3)C(O)(c3cccc(OC(F)(F)F)c3)[C@@H]2C(C)C)cc1. The van der Waals surface area contributed by atoms with E-state index in [2.05, 4.69) is 4.74 Å². The first-order valence-electron chi connectivity index (χ1n) is 11.3. The monoisotopic (exact) mass is 484 g/mol. The van der Waals surface area contributed by atoms with Gasteiger partial charge in [-0.15, -0.1) is 13.2 Å². The molecule has 35 heavy (non-hydrogen) atoms. The van der Waals surface area contributed by atoms with Crippen LogP contribution < -0.4 is 14.5 Å². The summed E-state index contributed by atoms with van der Waals surface area (Å²) < 4.78 is 43.0. The smallest absolute Gasteiger partial charge is 0.406 e. The number of rotatable bonds is 5. The number of benzene rings is 3. The maximum atomic E-state index is 14.0. The first-order chi connectivity index (χ1) is 16.4. The van der Waals surface area contributed by atoms with Gasteiger partial charge in [-0.25, -0.2) is 4.79 Å². The number of urea groups is 1. The maximum Gasteiger partial charge on any atom is 0.573 e. The summed E-state index contributed by atoms with van der Waals surface area (Å²) in [5.74, 6) is -0.746. The lowest BCUT2D eigenvalue weighted by Crippen LogP contribution is -2.52. The maximum absolute atomic E-state index is 14.0. The lowest BCUT2D eigenvalue weighted by Gasteiger charge is -2.39. The first-order valence-corrected chi connectivity index (χ1v) is 11.3. The standard InChI is InChI=1S/C27H27F3N2O3/c1-17(2)24-26(34,20-6-5-7-23(16-20)35-27(28,29)30)32(22-14-10-19(4)11-15-22)25(33)31(24)21-12-8-18(3)9-13-21/h5-17,24,34H,1-4H3/t24-,26?/m0/s1. The first kappa shape index (κ1) is 24.6. The third kappa shape index (κ3) is 4.58. The zero-order valence-corrected chi connectivity index (χ0v) is 19.9. The molecule has 2 amide bonds. The Morgan fingerprint density at radius 3 is 1.97 bits per heavy atom. The van der Waals surface area contributed by atoms with Crippen LogP contribution in [0.25, 0.3) is 0 Å². The minimum absolute atomic E-state index is 0.112. The van der Waals surface area contributed by atoms with Gasteiger partial charge in [-0.2, -0.15) is 0 Å². The zero-order valence-electron chi connectivity index (χ0n) is 19.9. The van der Waals surface area contributed by atoms with E-state index in [9.17, 15) is 23.1 Å². The van der Waals surface area contributed by atoms with E-state index in [-0.39, 0.29) is 11.5 Å². The lowest BCUT2D eigenvalue weighted by molar-refractivity contribution is -0.274. The van der Waals surface area contributed by atoms with Crippen molar-refractivity contribution in [1.82, 2.24) is 0 Å². The average molecular weight is 485 g/mol. The number of aryl methyl sites for hydroxylation is 2. The number of nitrogens with zero attached hydrogens (tertiary/aromatic N) is 2. The van der Waals surface area contributed by atoms with E-state index in [1.165, 1.54) is 21.9 Å². The van der Waals surface area contributed by atoms with E-state index >= 15 is 0 Å². The van der Waals surface area contributed by atoms with Crippen molar-refractivity contribution in [2.24, 2.45) is 5.92 Å². The summed E-state index contributed by atoms with van der Waals surface area (Å²) >= 11 is 0. The molecule has 1 aliphatic rings. The summed E-state index contributed by atoms with van der Waals surface area (Å²) in [5.41, 5.74) is 1.09. The molecule has 8 heteroatoms. The Bertz CT molecular complexity index is 1210. The fourth-order valence-corrected chi connectivity index (χ4v) is 4.65. The summed E-state index contributed by atoms with van der Waals surface area (Å²) in [6, 6.07) is 18.2. The van der Waals surface area contributed by atoms with Crippen LogP contribution in [0.5, 0.6) is 5.75 Å². The number of hydrogen-bond acceptors (Lipinski definition) is 3. The third-order valence-electron chi connectivity index (χ3n) is 6.16. The van der Waals surface area contributed by atoms with Crippen LogP contribution in [0, 0.1) is 19.8 Å². The minimum Gasteiger partial charge on any atom is -0.406 e. The van der Waals surface area contributed by atoms with Crippen molar-refractivity contribution in [1.29, 1.82) is 0 Å². The summed E-state index contributed by atoms with van der Waals surface area (Å²) in [6.07, 6.45) is -4.89. The number of alkyl halides is 3. The molecular weight excluding hydrogens is 457 g/mol. The molecule has 1 saturated heterocycles. The predicted molar refractivity (Wildman–Crippen MR) is 128 cm³/mol. The van der Waals surface area contributed by atoms with E-state index in [0.29, 0.717) is 11.4 Å². The van der Waals surface area contributed by atoms with Crippen LogP contribution in [-0.2, 0) is 5.72 Å². The Labute approximate surface area is 202 Å². The molecule has 5 nitrogen and oxygen atoms in total. The molecule has 1 unspecified atom stereocenters. The van der Waals surface area contributed by atoms with E-state index in [4.69, 9.17) is 0 Å². The molecule has 0 bridgehead atoms. The minimum atomic E-state index is -4.89. The Hall–Kier alpha value is -3.52. The van der Waals surface area contributed by atoms with E-state index in [0.717, 1.165) is 23.3 Å². The van der Waals surface area contributed by atoms with Gasteiger partial charge in [0.15, 0.2) is 5.72 Å². The molecule has 1 fully saturated rings. The summed E-state index contributed by atoms with van der Waals surface area (Å²) in [6.45, 7) is 7.55. The molecule has 1 heterocycles. The number of ether oxygens (including phenoxy) is 1. The van der Waals surface area contributed by atoms with Crippen molar-refractivity contribution in [2.75, 3.05) is 9.80 Å². The van der Waals surface area contributed by atoms with Crippen LogP contribution in [-0.4, -0.2) is 23.5 Å². The Morgan fingerprint density at radius 2 is 1.46 bits per heavy atom. The molecule has 1 aliphatic heterocycles. The van der Waals surface area contributed by atoms with Crippen molar-refractivity contribution in [2.45, 2.75) is 45.8 Å².